The first-order valence-electron chi connectivity index (χ1n) is 8.43. The van der Waals surface area contributed by atoms with Gasteiger partial charge in [-0.25, -0.2) is 0 Å². The van der Waals surface area contributed by atoms with E-state index < -0.39 is 11.9 Å². The van der Waals surface area contributed by atoms with Gasteiger partial charge in [-0.15, -0.1) is 5.10 Å². The summed E-state index contributed by atoms with van der Waals surface area (Å²) in [7, 11) is 0. The van der Waals surface area contributed by atoms with Crippen LogP contribution in [-0.4, -0.2) is 55.8 Å². The molecule has 0 spiro atoms. The molecule has 8 nitrogen and oxygen atoms in total. The number of aryl methyl sites for hydroxylation is 2. The molecule has 0 unspecified atom stereocenters. The first-order valence-corrected chi connectivity index (χ1v) is 9.41. The topological polar surface area (TPSA) is 104 Å². The molecule has 1 aliphatic rings. The van der Waals surface area contributed by atoms with E-state index in [1.165, 1.54) is 11.8 Å². The average molecular weight is 374 g/mol. The standard InChI is InChI=1S/C17H21N5O3S/c1-11-3-4-12(2)14(9-11)22-17(18-19-20-22)26-10-15(23)21-7-5-13(6-8-21)16(24)25/h3-4,9,13H,5-8,10H2,1-2H3,(H,24,25)/p-1. The lowest BCUT2D eigenvalue weighted by Gasteiger charge is -2.32. The fourth-order valence-electron chi connectivity index (χ4n) is 2.95. The maximum atomic E-state index is 12.4. The van der Waals surface area contributed by atoms with Crippen molar-refractivity contribution < 1.29 is 14.7 Å². The summed E-state index contributed by atoms with van der Waals surface area (Å²) in [5.41, 5.74) is 3.03. The molecular formula is C17H20N5O3S-. The monoisotopic (exact) mass is 374 g/mol. The Morgan fingerprint density at radius 2 is 2.00 bits per heavy atom. The molecule has 0 N–H and O–H groups in total. The maximum absolute atomic E-state index is 12.4. The quantitative estimate of drug-likeness (QED) is 0.696. The second-order valence-corrected chi connectivity index (χ2v) is 7.37. The van der Waals surface area contributed by atoms with E-state index in [1.807, 2.05) is 32.0 Å². The summed E-state index contributed by atoms with van der Waals surface area (Å²) in [5.74, 6) is -1.31. The SMILES string of the molecule is Cc1ccc(C)c(-n2nnnc2SCC(=O)N2CCC(C(=O)[O-])CC2)c1. The van der Waals surface area contributed by atoms with Crippen LogP contribution < -0.4 is 5.11 Å². The number of carbonyl (C=O) groups is 2. The highest BCUT2D eigenvalue weighted by Crippen LogP contribution is 2.23. The fourth-order valence-corrected chi connectivity index (χ4v) is 3.74. The number of rotatable bonds is 5. The number of aliphatic carboxylic acids is 1. The van der Waals surface area contributed by atoms with Gasteiger partial charge in [-0.2, -0.15) is 4.68 Å². The summed E-state index contributed by atoms with van der Waals surface area (Å²) in [6.45, 7) is 4.87. The number of hydrogen-bond acceptors (Lipinski definition) is 7. The largest absolute Gasteiger partial charge is 0.550 e. The number of piperidine rings is 1. The van der Waals surface area contributed by atoms with E-state index in [-0.39, 0.29) is 11.7 Å². The highest BCUT2D eigenvalue weighted by molar-refractivity contribution is 7.99. The van der Waals surface area contributed by atoms with Crippen molar-refractivity contribution >= 4 is 23.6 Å². The lowest BCUT2D eigenvalue weighted by Crippen LogP contribution is -2.44. The van der Waals surface area contributed by atoms with E-state index in [2.05, 4.69) is 15.5 Å². The highest BCUT2D eigenvalue weighted by atomic mass is 32.2. The lowest BCUT2D eigenvalue weighted by molar-refractivity contribution is -0.312. The molecule has 0 aliphatic carbocycles. The van der Waals surface area contributed by atoms with Crippen LogP contribution in [0.15, 0.2) is 23.4 Å². The van der Waals surface area contributed by atoms with Crippen LogP contribution in [0.5, 0.6) is 0 Å². The molecule has 1 aromatic carbocycles. The van der Waals surface area contributed by atoms with E-state index in [0.717, 1.165) is 16.8 Å². The van der Waals surface area contributed by atoms with Crippen LogP contribution in [0.3, 0.4) is 0 Å². The predicted molar refractivity (Wildman–Crippen MR) is 93.7 cm³/mol. The number of thioether (sulfide) groups is 1. The number of likely N-dealkylation sites (tertiary alicyclic amines) is 1. The molecule has 1 aliphatic heterocycles. The van der Waals surface area contributed by atoms with Crippen LogP contribution in [0.2, 0.25) is 0 Å². The molecule has 0 atom stereocenters. The lowest BCUT2D eigenvalue weighted by atomic mass is 9.97. The molecule has 0 radical (unpaired) electrons. The van der Waals surface area contributed by atoms with Crippen molar-refractivity contribution in [2.45, 2.75) is 31.8 Å². The van der Waals surface area contributed by atoms with Gasteiger partial charge in [0, 0.05) is 25.0 Å². The number of carbonyl (C=O) groups excluding carboxylic acids is 2. The van der Waals surface area contributed by atoms with E-state index in [0.29, 0.717) is 31.1 Å². The average Bonchev–Trinajstić information content (AvgIpc) is 3.10. The summed E-state index contributed by atoms with van der Waals surface area (Å²) in [6.07, 6.45) is 0.887. The maximum Gasteiger partial charge on any atom is 0.233 e. The van der Waals surface area contributed by atoms with Gasteiger partial charge in [0.2, 0.25) is 11.1 Å². The van der Waals surface area contributed by atoms with Crippen molar-refractivity contribution in [3.8, 4) is 5.69 Å². The van der Waals surface area contributed by atoms with Crippen molar-refractivity contribution in [2.24, 2.45) is 5.92 Å². The zero-order valence-electron chi connectivity index (χ0n) is 14.7. The van der Waals surface area contributed by atoms with Gasteiger partial charge in [-0.1, -0.05) is 23.9 Å². The van der Waals surface area contributed by atoms with Crippen molar-refractivity contribution in [3.05, 3.63) is 29.3 Å². The minimum atomic E-state index is -1.03. The second kappa shape index (κ2) is 7.86. The summed E-state index contributed by atoms with van der Waals surface area (Å²) < 4.78 is 1.64. The summed E-state index contributed by atoms with van der Waals surface area (Å²) >= 11 is 1.28. The minimum absolute atomic E-state index is 0.0395. The molecule has 1 fully saturated rings. The molecule has 1 saturated heterocycles. The van der Waals surface area contributed by atoms with Crippen molar-refractivity contribution in [3.63, 3.8) is 0 Å². The molecule has 3 rings (SSSR count). The van der Waals surface area contributed by atoms with Gasteiger partial charge >= 0.3 is 0 Å². The Balaban J connectivity index is 1.63. The van der Waals surface area contributed by atoms with Crippen LogP contribution in [0, 0.1) is 19.8 Å². The van der Waals surface area contributed by atoms with Crippen LogP contribution >= 0.6 is 11.8 Å². The zero-order chi connectivity index (χ0) is 18.7. The van der Waals surface area contributed by atoms with Crippen molar-refractivity contribution in [2.75, 3.05) is 18.8 Å². The smallest absolute Gasteiger partial charge is 0.233 e. The van der Waals surface area contributed by atoms with Gasteiger partial charge in [-0.3, -0.25) is 4.79 Å². The van der Waals surface area contributed by atoms with Crippen LogP contribution in [-0.2, 0) is 9.59 Å². The number of carboxylic acids is 1. The number of hydrogen-bond donors (Lipinski definition) is 0. The molecular weight excluding hydrogens is 354 g/mol. The van der Waals surface area contributed by atoms with Crippen molar-refractivity contribution in [1.82, 2.24) is 25.1 Å². The zero-order valence-corrected chi connectivity index (χ0v) is 15.5. The Morgan fingerprint density at radius 1 is 1.27 bits per heavy atom. The van der Waals surface area contributed by atoms with Crippen LogP contribution in [0.25, 0.3) is 5.69 Å². The Labute approximate surface area is 155 Å². The highest BCUT2D eigenvalue weighted by Gasteiger charge is 2.24. The van der Waals surface area contributed by atoms with Gasteiger partial charge in [-0.05, 0) is 54.3 Å². The summed E-state index contributed by atoms with van der Waals surface area (Å²) in [4.78, 5) is 25.0. The van der Waals surface area contributed by atoms with Crippen molar-refractivity contribution in [1.29, 1.82) is 0 Å². The van der Waals surface area contributed by atoms with Gasteiger partial charge < -0.3 is 14.8 Å². The number of tetrazole rings is 1. The molecule has 2 heterocycles. The first-order chi connectivity index (χ1) is 12.5. The molecule has 2 aromatic rings. The first kappa shape index (κ1) is 18.4. The number of carboxylic acid groups (broad SMARTS) is 1. The molecule has 0 saturated carbocycles. The minimum Gasteiger partial charge on any atom is -0.550 e. The Bertz CT molecular complexity index is 814. The molecule has 9 heteroatoms. The van der Waals surface area contributed by atoms with Crippen LogP contribution in [0.4, 0.5) is 0 Å². The number of aromatic nitrogens is 4. The number of amides is 1. The van der Waals surface area contributed by atoms with Gasteiger partial charge in [0.05, 0.1) is 11.4 Å². The van der Waals surface area contributed by atoms with Crippen LogP contribution in [0.1, 0.15) is 24.0 Å². The Morgan fingerprint density at radius 3 is 2.69 bits per heavy atom. The second-order valence-electron chi connectivity index (χ2n) is 6.43. The normalized spacial score (nSPS) is 15.2. The molecule has 138 valence electrons. The molecule has 1 amide bonds. The predicted octanol–water partition coefficient (Wildman–Crippen LogP) is 0.360. The Hall–Kier alpha value is -2.42. The van der Waals surface area contributed by atoms with Gasteiger partial charge in [0.1, 0.15) is 0 Å². The number of benzene rings is 1. The third-order valence-corrected chi connectivity index (χ3v) is 5.44. The summed E-state index contributed by atoms with van der Waals surface area (Å²) in [5, 5.41) is 23.2. The summed E-state index contributed by atoms with van der Waals surface area (Å²) in [6, 6.07) is 6.03. The van der Waals surface area contributed by atoms with E-state index in [1.54, 1.807) is 9.58 Å². The fraction of sp³-hybridized carbons (Fsp3) is 0.471. The van der Waals surface area contributed by atoms with E-state index >= 15 is 0 Å². The third-order valence-electron chi connectivity index (χ3n) is 4.54. The third kappa shape index (κ3) is 4.04. The number of nitrogens with zero attached hydrogens (tertiary/aromatic N) is 5. The van der Waals surface area contributed by atoms with E-state index in [9.17, 15) is 14.7 Å². The molecule has 1 aromatic heterocycles. The Kier molecular flexibility index (Phi) is 5.55. The van der Waals surface area contributed by atoms with Gasteiger partial charge in [0.15, 0.2) is 0 Å². The van der Waals surface area contributed by atoms with E-state index in [4.69, 9.17) is 0 Å². The molecule has 26 heavy (non-hydrogen) atoms. The molecule has 0 bridgehead atoms. The van der Waals surface area contributed by atoms with Gasteiger partial charge in [0.25, 0.3) is 0 Å².